The first-order valence-electron chi connectivity index (χ1n) is 9.32. The third kappa shape index (κ3) is 7.82. The summed E-state index contributed by atoms with van der Waals surface area (Å²) in [6.07, 6.45) is -1.93. The molecule has 2 rings (SSSR count). The maximum atomic E-state index is 13.1. The summed E-state index contributed by atoms with van der Waals surface area (Å²) in [5.74, 6) is -4.45. The van der Waals surface area contributed by atoms with Crippen molar-refractivity contribution in [2.45, 2.75) is 26.4 Å². The second-order valence-corrected chi connectivity index (χ2v) is 9.13. The van der Waals surface area contributed by atoms with Crippen molar-refractivity contribution in [1.82, 2.24) is 14.8 Å². The number of halogens is 4. The molecule has 2 aromatic heterocycles. The second kappa shape index (κ2) is 10.7. The molecule has 0 bridgehead atoms. The molecule has 0 saturated heterocycles. The van der Waals surface area contributed by atoms with Gasteiger partial charge in [0.2, 0.25) is 0 Å². The molecule has 0 aliphatic carbocycles. The van der Waals surface area contributed by atoms with E-state index in [1.54, 1.807) is 12.1 Å². The van der Waals surface area contributed by atoms with Crippen LogP contribution in [0.2, 0.25) is 5.15 Å². The number of pyridine rings is 1. The fourth-order valence-electron chi connectivity index (χ4n) is 2.52. The van der Waals surface area contributed by atoms with Crippen LogP contribution in [-0.4, -0.2) is 65.0 Å². The van der Waals surface area contributed by atoms with Crippen molar-refractivity contribution in [3.63, 3.8) is 0 Å². The van der Waals surface area contributed by atoms with Crippen molar-refractivity contribution in [2.24, 2.45) is 5.16 Å². The Morgan fingerprint density at radius 2 is 2.03 bits per heavy atom. The van der Waals surface area contributed by atoms with Crippen LogP contribution in [-0.2, 0) is 24.3 Å². The molecule has 2 heterocycles. The largest absolute Gasteiger partial charge is 0.390 e. The molecule has 15 heteroatoms. The van der Waals surface area contributed by atoms with Gasteiger partial charge in [0.25, 0.3) is 5.91 Å². The number of anilines is 1. The minimum Gasteiger partial charge on any atom is -0.318 e. The van der Waals surface area contributed by atoms with Gasteiger partial charge in [-0.05, 0) is 19.1 Å². The predicted octanol–water partition coefficient (Wildman–Crippen LogP) is 2.56. The summed E-state index contributed by atoms with van der Waals surface area (Å²) in [5, 5.41) is 7.23. The maximum absolute atomic E-state index is 13.1. The van der Waals surface area contributed by atoms with Crippen LogP contribution in [0.25, 0.3) is 5.69 Å². The highest BCUT2D eigenvalue weighted by Crippen LogP contribution is 2.26. The fourth-order valence-corrected chi connectivity index (χ4v) is 4.04. The molecule has 0 spiro atoms. The standard InChI is InChI=1S/C18H19ClF3N5O5S/c1-3-26(15-10-27(24-16(15)19)13-5-4-7-23-9-13)17(29)14(25-32-12(2)28)11-33(30,31)8-6-18(20,21)22/h4-5,7,9-10H,3,6,8,11H2,1-2H3/b25-14-. The first-order valence-corrected chi connectivity index (χ1v) is 11.5. The van der Waals surface area contributed by atoms with E-state index >= 15 is 0 Å². The van der Waals surface area contributed by atoms with E-state index in [1.807, 2.05) is 0 Å². The molecule has 0 saturated carbocycles. The molecule has 0 atom stereocenters. The molecule has 0 aliphatic heterocycles. The lowest BCUT2D eigenvalue weighted by atomic mass is 10.3. The van der Waals surface area contributed by atoms with Gasteiger partial charge in [0.1, 0.15) is 11.4 Å². The van der Waals surface area contributed by atoms with E-state index < -0.39 is 51.5 Å². The van der Waals surface area contributed by atoms with Crippen LogP contribution in [0.4, 0.5) is 18.9 Å². The number of amides is 1. The number of rotatable bonds is 9. The van der Waals surface area contributed by atoms with Gasteiger partial charge in [0.05, 0.1) is 30.3 Å². The third-order valence-electron chi connectivity index (χ3n) is 4.00. The van der Waals surface area contributed by atoms with Crippen LogP contribution in [0.3, 0.4) is 0 Å². The van der Waals surface area contributed by atoms with Crippen LogP contribution >= 0.6 is 11.6 Å². The Bertz CT molecular complexity index is 1140. The molecule has 10 nitrogen and oxygen atoms in total. The first kappa shape index (κ1) is 26.3. The average molecular weight is 510 g/mol. The van der Waals surface area contributed by atoms with Crippen molar-refractivity contribution in [3.05, 3.63) is 35.9 Å². The predicted molar refractivity (Wildman–Crippen MR) is 113 cm³/mol. The third-order valence-corrected chi connectivity index (χ3v) is 5.81. The highest BCUT2D eigenvalue weighted by Gasteiger charge is 2.33. The molecule has 0 aliphatic rings. The van der Waals surface area contributed by atoms with Crippen molar-refractivity contribution in [2.75, 3.05) is 23.0 Å². The zero-order valence-electron chi connectivity index (χ0n) is 17.4. The molecular formula is C18H19ClF3N5O5S. The van der Waals surface area contributed by atoms with E-state index in [4.69, 9.17) is 11.6 Å². The van der Waals surface area contributed by atoms with Crippen LogP contribution in [0.1, 0.15) is 20.3 Å². The Labute approximate surface area is 191 Å². The first-order chi connectivity index (χ1) is 15.3. The molecule has 33 heavy (non-hydrogen) atoms. The van der Waals surface area contributed by atoms with E-state index in [-0.39, 0.29) is 17.4 Å². The molecule has 180 valence electrons. The summed E-state index contributed by atoms with van der Waals surface area (Å²) in [6.45, 7) is 2.45. The zero-order chi connectivity index (χ0) is 24.8. The Morgan fingerprint density at radius 1 is 1.33 bits per heavy atom. The van der Waals surface area contributed by atoms with Crippen molar-refractivity contribution in [3.8, 4) is 5.69 Å². The highest BCUT2D eigenvalue weighted by molar-refractivity contribution is 7.92. The molecule has 0 fully saturated rings. The number of carbonyl (C=O) groups is 2. The van der Waals surface area contributed by atoms with Crippen LogP contribution < -0.4 is 4.90 Å². The van der Waals surface area contributed by atoms with Crippen molar-refractivity contribution in [1.29, 1.82) is 0 Å². The van der Waals surface area contributed by atoms with E-state index in [2.05, 4.69) is 20.1 Å². The van der Waals surface area contributed by atoms with Gasteiger partial charge in [0.15, 0.2) is 20.7 Å². The van der Waals surface area contributed by atoms with Gasteiger partial charge < -0.3 is 9.74 Å². The summed E-state index contributed by atoms with van der Waals surface area (Å²) in [7, 11) is -4.43. The van der Waals surface area contributed by atoms with Crippen LogP contribution in [0, 0.1) is 0 Å². The van der Waals surface area contributed by atoms with E-state index in [0.29, 0.717) is 5.69 Å². The van der Waals surface area contributed by atoms with Gasteiger partial charge in [-0.3, -0.25) is 9.78 Å². The van der Waals surface area contributed by atoms with Gasteiger partial charge >= 0.3 is 12.1 Å². The van der Waals surface area contributed by atoms with Crippen molar-refractivity contribution < 1.29 is 36.0 Å². The van der Waals surface area contributed by atoms with E-state index in [0.717, 1.165) is 11.8 Å². The number of oxime groups is 1. The number of hydrogen-bond acceptors (Lipinski definition) is 8. The zero-order valence-corrected chi connectivity index (χ0v) is 19.0. The molecule has 0 aromatic carbocycles. The smallest absolute Gasteiger partial charge is 0.318 e. The Kier molecular flexibility index (Phi) is 8.55. The number of hydrogen-bond donors (Lipinski definition) is 0. The number of aromatic nitrogens is 3. The lowest BCUT2D eigenvalue weighted by Gasteiger charge is -2.20. The quantitative estimate of drug-likeness (QED) is 0.289. The maximum Gasteiger partial charge on any atom is 0.390 e. The van der Waals surface area contributed by atoms with Crippen LogP contribution in [0.5, 0.6) is 0 Å². The van der Waals surface area contributed by atoms with E-state index in [1.165, 1.54) is 30.2 Å². The lowest BCUT2D eigenvalue weighted by molar-refractivity contribution is -0.141. The van der Waals surface area contributed by atoms with Crippen LogP contribution in [0.15, 0.2) is 35.9 Å². The summed E-state index contributed by atoms with van der Waals surface area (Å²) < 4.78 is 63.1. The van der Waals surface area contributed by atoms with E-state index in [9.17, 15) is 31.2 Å². The molecule has 0 N–H and O–H groups in total. The average Bonchev–Trinajstić information content (AvgIpc) is 3.11. The minimum atomic E-state index is -4.71. The number of carbonyl (C=O) groups excluding carboxylic acids is 2. The minimum absolute atomic E-state index is 0.0427. The van der Waals surface area contributed by atoms with Gasteiger partial charge in [-0.15, -0.1) is 0 Å². The number of alkyl halides is 3. The summed E-state index contributed by atoms with van der Waals surface area (Å²) in [6, 6.07) is 3.31. The summed E-state index contributed by atoms with van der Waals surface area (Å²) >= 11 is 6.16. The molecule has 0 radical (unpaired) electrons. The fraction of sp³-hybridized carbons (Fsp3) is 0.389. The number of sulfone groups is 1. The summed E-state index contributed by atoms with van der Waals surface area (Å²) in [4.78, 5) is 33.6. The topological polar surface area (TPSA) is 124 Å². The second-order valence-electron chi connectivity index (χ2n) is 6.59. The number of nitrogens with zero attached hydrogens (tertiary/aromatic N) is 5. The van der Waals surface area contributed by atoms with Gasteiger partial charge in [0, 0.05) is 19.7 Å². The normalized spacial score (nSPS) is 12.5. The van der Waals surface area contributed by atoms with Crippen molar-refractivity contribution >= 4 is 44.7 Å². The Hall–Kier alpha value is -3.00. The summed E-state index contributed by atoms with van der Waals surface area (Å²) in [5.41, 5.74) is -0.215. The van der Waals surface area contributed by atoms with Gasteiger partial charge in [-0.25, -0.2) is 17.9 Å². The molecule has 1 amide bonds. The molecule has 2 aromatic rings. The Balaban J connectivity index is 2.37. The molecule has 0 unspecified atom stereocenters. The van der Waals surface area contributed by atoms with Gasteiger partial charge in [-0.1, -0.05) is 16.8 Å². The lowest BCUT2D eigenvalue weighted by Crippen LogP contribution is -2.40. The SMILES string of the molecule is CCN(C(=O)/C(CS(=O)(=O)CCC(F)(F)F)=N\OC(C)=O)c1cn(-c2cccnc2)nc1Cl. The van der Waals surface area contributed by atoms with Gasteiger partial charge in [-0.2, -0.15) is 18.3 Å². The Morgan fingerprint density at radius 3 is 2.58 bits per heavy atom. The molecular weight excluding hydrogens is 491 g/mol. The highest BCUT2D eigenvalue weighted by atomic mass is 35.5. The monoisotopic (exact) mass is 509 g/mol.